The van der Waals surface area contributed by atoms with E-state index >= 15 is 0 Å². The predicted molar refractivity (Wildman–Crippen MR) is 119 cm³/mol. The predicted octanol–water partition coefficient (Wildman–Crippen LogP) is 6.18. The zero-order valence-corrected chi connectivity index (χ0v) is 16.8. The van der Waals surface area contributed by atoms with Gasteiger partial charge in [0.25, 0.3) is 0 Å². The van der Waals surface area contributed by atoms with Crippen LogP contribution in [-0.4, -0.2) is 21.3 Å². The summed E-state index contributed by atoms with van der Waals surface area (Å²) in [6, 6.07) is 17.4. The average Bonchev–Trinajstić information content (AvgIpc) is 3.04. The fourth-order valence-corrected chi connectivity index (χ4v) is 4.43. The van der Waals surface area contributed by atoms with E-state index in [1.807, 2.05) is 19.1 Å². The number of hydrogen-bond acceptors (Lipinski definition) is 5. The second-order valence-corrected chi connectivity index (χ2v) is 7.83. The fourth-order valence-electron chi connectivity index (χ4n) is 3.18. The van der Waals surface area contributed by atoms with Crippen LogP contribution in [0.3, 0.4) is 0 Å². The first-order valence-electron chi connectivity index (χ1n) is 9.15. The molecule has 0 aliphatic carbocycles. The number of fused-ring (bicyclic) bond motifs is 1. The summed E-state index contributed by atoms with van der Waals surface area (Å²) in [5.41, 5.74) is 2.59. The van der Waals surface area contributed by atoms with Gasteiger partial charge in [-0.25, -0.2) is 4.79 Å². The van der Waals surface area contributed by atoms with Crippen LogP contribution in [-0.2, 0) is 4.79 Å². The molecule has 0 atom stereocenters. The number of hydrogen-bond donors (Lipinski definition) is 3. The van der Waals surface area contributed by atoms with E-state index in [1.165, 1.54) is 17.4 Å². The lowest BCUT2D eigenvalue weighted by atomic mass is 10.1. The van der Waals surface area contributed by atoms with E-state index in [0.29, 0.717) is 11.5 Å². The number of carboxylic acids is 1. The van der Waals surface area contributed by atoms with Gasteiger partial charge < -0.3 is 20.1 Å². The lowest BCUT2D eigenvalue weighted by Gasteiger charge is -2.10. The van der Waals surface area contributed by atoms with Gasteiger partial charge in [-0.15, -0.1) is 11.3 Å². The van der Waals surface area contributed by atoms with Crippen molar-refractivity contribution in [1.29, 1.82) is 0 Å². The molecule has 6 heteroatoms. The van der Waals surface area contributed by atoms with Crippen LogP contribution < -0.4 is 4.74 Å². The Morgan fingerprint density at radius 1 is 0.967 bits per heavy atom. The molecule has 0 saturated heterocycles. The topological polar surface area (TPSA) is 87.0 Å². The Kier molecular flexibility index (Phi) is 5.16. The average molecular weight is 418 g/mol. The number of aryl methyl sites for hydroxylation is 1. The van der Waals surface area contributed by atoms with Gasteiger partial charge in [0.15, 0.2) is 5.75 Å². The molecule has 0 unspecified atom stereocenters. The Morgan fingerprint density at radius 3 is 2.37 bits per heavy atom. The molecule has 30 heavy (non-hydrogen) atoms. The molecule has 0 fully saturated rings. The zero-order chi connectivity index (χ0) is 21.3. The molecule has 0 bridgehead atoms. The van der Waals surface area contributed by atoms with Crippen molar-refractivity contribution in [1.82, 2.24) is 0 Å². The lowest BCUT2D eigenvalue weighted by Crippen LogP contribution is -1.88. The largest absolute Gasteiger partial charge is 0.508 e. The van der Waals surface area contributed by atoms with Crippen LogP contribution >= 0.6 is 11.3 Å². The monoisotopic (exact) mass is 418 g/mol. The van der Waals surface area contributed by atoms with Gasteiger partial charge in [-0.2, -0.15) is 0 Å². The molecule has 150 valence electrons. The third-order valence-electron chi connectivity index (χ3n) is 4.60. The third-order valence-corrected chi connectivity index (χ3v) is 5.77. The van der Waals surface area contributed by atoms with Gasteiger partial charge in [-0.05, 0) is 78.2 Å². The van der Waals surface area contributed by atoms with Gasteiger partial charge in [0.2, 0.25) is 0 Å². The van der Waals surface area contributed by atoms with Crippen molar-refractivity contribution in [3.63, 3.8) is 0 Å². The SMILES string of the molecule is Cc1cc(O)ccc1-c1sc2cc(O)ccc2c1Oc1ccc(/C=C/C(=O)O)cc1. The molecule has 1 heterocycles. The standard InChI is InChI=1S/C24H18O5S/c1-14-12-16(25)5-9-19(14)24-23(20-10-6-17(26)13-21(20)30-24)29-18-7-2-15(3-8-18)4-11-22(27)28/h2-13,25-26H,1H3,(H,27,28)/b11-4+. The Bertz CT molecular complexity index is 1270. The van der Waals surface area contributed by atoms with Crippen LogP contribution in [0.4, 0.5) is 0 Å². The summed E-state index contributed by atoms with van der Waals surface area (Å²) < 4.78 is 7.13. The van der Waals surface area contributed by atoms with Crippen molar-refractivity contribution in [2.24, 2.45) is 0 Å². The first kappa shape index (κ1) is 19.5. The Hall–Kier alpha value is -3.77. The maximum atomic E-state index is 10.7. The summed E-state index contributed by atoms with van der Waals surface area (Å²) in [5.74, 6) is 0.643. The molecular formula is C24H18O5S. The molecule has 0 amide bonds. The number of aromatic hydroxyl groups is 2. The van der Waals surface area contributed by atoms with E-state index in [0.717, 1.165) is 37.7 Å². The van der Waals surface area contributed by atoms with Gasteiger partial charge in [0.1, 0.15) is 17.2 Å². The second kappa shape index (κ2) is 7.93. The van der Waals surface area contributed by atoms with Crippen LogP contribution in [0.5, 0.6) is 23.0 Å². The first-order chi connectivity index (χ1) is 14.4. The highest BCUT2D eigenvalue weighted by atomic mass is 32.1. The number of phenols is 2. The minimum atomic E-state index is -1.00. The summed E-state index contributed by atoms with van der Waals surface area (Å²) in [6.45, 7) is 1.92. The van der Waals surface area contributed by atoms with Crippen molar-refractivity contribution in [3.05, 3.63) is 77.9 Å². The van der Waals surface area contributed by atoms with E-state index < -0.39 is 5.97 Å². The van der Waals surface area contributed by atoms with Crippen molar-refractivity contribution in [3.8, 4) is 33.4 Å². The van der Waals surface area contributed by atoms with Gasteiger partial charge in [0.05, 0.1) is 4.88 Å². The molecule has 0 spiro atoms. The molecule has 3 N–H and O–H groups in total. The van der Waals surface area contributed by atoms with Gasteiger partial charge >= 0.3 is 5.97 Å². The van der Waals surface area contributed by atoms with Crippen molar-refractivity contribution >= 4 is 33.5 Å². The van der Waals surface area contributed by atoms with Gasteiger partial charge in [0, 0.05) is 16.2 Å². The Balaban J connectivity index is 1.78. The van der Waals surface area contributed by atoms with Crippen LogP contribution in [0.15, 0.2) is 66.7 Å². The quantitative estimate of drug-likeness (QED) is 0.337. The number of rotatable bonds is 5. The Morgan fingerprint density at radius 2 is 1.67 bits per heavy atom. The summed E-state index contributed by atoms with van der Waals surface area (Å²) in [5, 5.41) is 29.3. The van der Waals surface area contributed by atoms with E-state index in [1.54, 1.807) is 48.5 Å². The minimum absolute atomic E-state index is 0.179. The highest BCUT2D eigenvalue weighted by Crippen LogP contribution is 2.48. The normalized spacial score (nSPS) is 11.2. The summed E-state index contributed by atoms with van der Waals surface area (Å²) in [7, 11) is 0. The van der Waals surface area contributed by atoms with Crippen molar-refractivity contribution in [2.75, 3.05) is 0 Å². The second-order valence-electron chi connectivity index (χ2n) is 6.78. The Labute approximate surface area is 176 Å². The maximum absolute atomic E-state index is 10.7. The van der Waals surface area contributed by atoms with E-state index in [-0.39, 0.29) is 11.5 Å². The van der Waals surface area contributed by atoms with Crippen LogP contribution in [0.1, 0.15) is 11.1 Å². The number of carboxylic acid groups (broad SMARTS) is 1. The van der Waals surface area contributed by atoms with Gasteiger partial charge in [-0.3, -0.25) is 0 Å². The molecule has 4 rings (SSSR count). The molecular weight excluding hydrogens is 400 g/mol. The fraction of sp³-hybridized carbons (Fsp3) is 0.0417. The highest BCUT2D eigenvalue weighted by molar-refractivity contribution is 7.22. The molecule has 0 radical (unpaired) electrons. The van der Waals surface area contributed by atoms with E-state index in [9.17, 15) is 15.0 Å². The van der Waals surface area contributed by atoms with Crippen molar-refractivity contribution in [2.45, 2.75) is 6.92 Å². The summed E-state index contributed by atoms with van der Waals surface area (Å²) >= 11 is 1.50. The molecule has 3 aromatic carbocycles. The van der Waals surface area contributed by atoms with Crippen LogP contribution in [0, 0.1) is 6.92 Å². The lowest BCUT2D eigenvalue weighted by molar-refractivity contribution is -0.131. The first-order valence-corrected chi connectivity index (χ1v) is 9.97. The molecule has 1 aromatic heterocycles. The zero-order valence-electron chi connectivity index (χ0n) is 16.0. The van der Waals surface area contributed by atoms with E-state index in [4.69, 9.17) is 9.84 Å². The number of carbonyl (C=O) groups is 1. The van der Waals surface area contributed by atoms with Gasteiger partial charge in [-0.1, -0.05) is 12.1 Å². The molecule has 0 aliphatic heterocycles. The number of ether oxygens (including phenoxy) is 1. The van der Waals surface area contributed by atoms with Crippen molar-refractivity contribution < 1.29 is 24.9 Å². The highest BCUT2D eigenvalue weighted by Gasteiger charge is 2.18. The maximum Gasteiger partial charge on any atom is 0.328 e. The third kappa shape index (κ3) is 3.99. The number of aliphatic carboxylic acids is 1. The minimum Gasteiger partial charge on any atom is -0.508 e. The molecule has 5 nitrogen and oxygen atoms in total. The van der Waals surface area contributed by atoms with Crippen LogP contribution in [0.25, 0.3) is 26.6 Å². The summed E-state index contributed by atoms with van der Waals surface area (Å²) in [4.78, 5) is 11.6. The molecule has 4 aromatic rings. The summed E-state index contributed by atoms with van der Waals surface area (Å²) in [6.07, 6.45) is 2.60. The smallest absolute Gasteiger partial charge is 0.328 e. The number of benzene rings is 3. The number of thiophene rings is 1. The molecule has 0 saturated carbocycles. The van der Waals surface area contributed by atoms with E-state index in [2.05, 4.69) is 0 Å². The number of phenolic OH excluding ortho intramolecular Hbond substituents is 2. The van der Waals surface area contributed by atoms with Crippen LogP contribution in [0.2, 0.25) is 0 Å². The molecule has 0 aliphatic rings.